The second-order valence-corrected chi connectivity index (χ2v) is 4.18. The van der Waals surface area contributed by atoms with Crippen molar-refractivity contribution < 1.29 is 14.7 Å². The number of nitrogens with zero attached hydrogens (tertiary/aromatic N) is 1. The highest BCUT2D eigenvalue weighted by molar-refractivity contribution is 5.85. The second-order valence-electron chi connectivity index (χ2n) is 4.18. The van der Waals surface area contributed by atoms with Gasteiger partial charge in [-0.15, -0.1) is 0 Å². The maximum atomic E-state index is 11.9. The van der Waals surface area contributed by atoms with Gasteiger partial charge in [-0.25, -0.2) is 4.99 Å². The first-order chi connectivity index (χ1) is 8.99. The molecule has 1 rings (SSSR count). The van der Waals surface area contributed by atoms with Crippen molar-refractivity contribution in [2.24, 2.45) is 16.6 Å². The van der Waals surface area contributed by atoms with Gasteiger partial charge in [-0.2, -0.15) is 0 Å². The molecule has 0 spiro atoms. The molecule has 0 aliphatic carbocycles. The normalized spacial score (nSPS) is 24.1. The molecule has 2 unspecified atom stereocenters. The summed E-state index contributed by atoms with van der Waals surface area (Å²) in [4.78, 5) is 26.5. The monoisotopic (exact) mass is 266 g/mol. The highest BCUT2D eigenvalue weighted by Gasteiger charge is 2.32. The molecule has 1 aliphatic heterocycles. The first kappa shape index (κ1) is 14.9. The number of aliphatic hydroxyl groups is 1. The van der Waals surface area contributed by atoms with Gasteiger partial charge in [-0.3, -0.25) is 9.59 Å². The first-order valence-corrected chi connectivity index (χ1v) is 5.85. The van der Waals surface area contributed by atoms with Crippen LogP contribution >= 0.6 is 0 Å². The molecule has 0 aromatic rings. The number of hydrogen-bond donors (Lipinski definition) is 4. The third kappa shape index (κ3) is 3.92. The Labute approximate surface area is 111 Å². The summed E-state index contributed by atoms with van der Waals surface area (Å²) in [5.41, 5.74) is 5.16. The van der Waals surface area contributed by atoms with Crippen molar-refractivity contribution in [2.45, 2.75) is 19.4 Å². The summed E-state index contributed by atoms with van der Waals surface area (Å²) in [6.45, 7) is 5.36. The molecule has 2 amide bonds. The Bertz CT molecular complexity index is 442. The molecule has 7 nitrogen and oxygen atoms in total. The van der Waals surface area contributed by atoms with Crippen molar-refractivity contribution in [1.29, 1.82) is 0 Å². The highest BCUT2D eigenvalue weighted by atomic mass is 16.3. The zero-order valence-corrected chi connectivity index (χ0v) is 10.7. The van der Waals surface area contributed by atoms with E-state index in [1.54, 1.807) is 13.0 Å². The van der Waals surface area contributed by atoms with E-state index in [4.69, 9.17) is 5.73 Å². The van der Waals surface area contributed by atoms with Crippen LogP contribution in [0.15, 0.2) is 28.7 Å². The average Bonchev–Trinajstić information content (AvgIpc) is 2.85. The van der Waals surface area contributed by atoms with Gasteiger partial charge in [-0.05, 0) is 26.1 Å². The third-order valence-corrected chi connectivity index (χ3v) is 2.81. The van der Waals surface area contributed by atoms with Crippen LogP contribution in [0.25, 0.3) is 0 Å². The molecule has 0 aromatic heterocycles. The van der Waals surface area contributed by atoms with E-state index < -0.39 is 17.9 Å². The molecular weight excluding hydrogens is 248 g/mol. The van der Waals surface area contributed by atoms with Crippen molar-refractivity contribution in [2.75, 3.05) is 6.54 Å². The number of hydrogen-bond acceptors (Lipinski definition) is 5. The number of nitrogens with one attached hydrogen (secondary N) is 2. The Balaban J connectivity index is 2.67. The summed E-state index contributed by atoms with van der Waals surface area (Å²) in [5.74, 6) is -1.40. The van der Waals surface area contributed by atoms with Crippen molar-refractivity contribution in [3.8, 4) is 0 Å². The number of aliphatic imine (C=N–C) groups is 1. The molecule has 0 radical (unpaired) electrons. The zero-order valence-electron chi connectivity index (χ0n) is 10.7. The van der Waals surface area contributed by atoms with E-state index >= 15 is 0 Å². The molecule has 2 atom stereocenters. The molecular formula is C12H18N4O3. The molecule has 0 aromatic carbocycles. The Morgan fingerprint density at radius 2 is 2.26 bits per heavy atom. The fraction of sp³-hybridized carbons (Fsp3) is 0.417. The number of nitrogens with two attached hydrogens (primary N) is 1. The SMILES string of the molecule is C=N/C(NC(=O)C1CNC(C(N)=O)C1)=C(O)\C=C/C. The lowest BCUT2D eigenvalue weighted by atomic mass is 10.0. The number of carbonyl (C=O) groups excluding carboxylic acids is 2. The van der Waals surface area contributed by atoms with Crippen molar-refractivity contribution >= 4 is 18.5 Å². The van der Waals surface area contributed by atoms with E-state index in [0.29, 0.717) is 13.0 Å². The molecule has 19 heavy (non-hydrogen) atoms. The van der Waals surface area contributed by atoms with E-state index in [1.165, 1.54) is 6.08 Å². The van der Waals surface area contributed by atoms with Gasteiger partial charge in [0.1, 0.15) is 0 Å². The lowest BCUT2D eigenvalue weighted by Crippen LogP contribution is -2.36. The van der Waals surface area contributed by atoms with Crippen LogP contribution in [-0.2, 0) is 9.59 Å². The minimum absolute atomic E-state index is 0.00868. The molecule has 5 N–H and O–H groups in total. The second kappa shape index (κ2) is 6.69. The van der Waals surface area contributed by atoms with E-state index in [0.717, 1.165) is 0 Å². The minimum Gasteiger partial charge on any atom is -0.504 e. The Morgan fingerprint density at radius 3 is 2.74 bits per heavy atom. The summed E-state index contributed by atoms with van der Waals surface area (Å²) >= 11 is 0. The summed E-state index contributed by atoms with van der Waals surface area (Å²) in [5, 5.41) is 14.9. The molecule has 0 bridgehead atoms. The lowest BCUT2D eigenvalue weighted by Gasteiger charge is -2.10. The number of allylic oxidation sites excluding steroid dienone is 2. The largest absolute Gasteiger partial charge is 0.504 e. The van der Waals surface area contributed by atoms with E-state index in [-0.39, 0.29) is 17.5 Å². The van der Waals surface area contributed by atoms with Crippen LogP contribution in [-0.4, -0.2) is 36.2 Å². The maximum Gasteiger partial charge on any atom is 0.234 e. The van der Waals surface area contributed by atoms with Gasteiger partial charge in [-0.1, -0.05) is 6.08 Å². The van der Waals surface area contributed by atoms with Crippen molar-refractivity contribution in [3.63, 3.8) is 0 Å². The van der Waals surface area contributed by atoms with Gasteiger partial charge < -0.3 is 21.5 Å². The zero-order chi connectivity index (χ0) is 14.4. The predicted octanol–water partition coefficient (Wildman–Crippen LogP) is -0.430. The highest BCUT2D eigenvalue weighted by Crippen LogP contribution is 2.15. The van der Waals surface area contributed by atoms with Gasteiger partial charge in [0.05, 0.1) is 12.0 Å². The number of rotatable bonds is 5. The Kier molecular flexibility index (Phi) is 5.25. The molecule has 1 saturated heterocycles. The van der Waals surface area contributed by atoms with Crippen LogP contribution in [0.3, 0.4) is 0 Å². The summed E-state index contributed by atoms with van der Waals surface area (Å²) in [6.07, 6.45) is 3.33. The molecule has 1 aliphatic rings. The Morgan fingerprint density at radius 1 is 1.58 bits per heavy atom. The Hall–Kier alpha value is -2.15. The van der Waals surface area contributed by atoms with Gasteiger partial charge in [0, 0.05) is 6.54 Å². The molecule has 1 fully saturated rings. The lowest BCUT2D eigenvalue weighted by molar-refractivity contribution is -0.123. The summed E-state index contributed by atoms with van der Waals surface area (Å²) in [7, 11) is 0. The van der Waals surface area contributed by atoms with Gasteiger partial charge >= 0.3 is 0 Å². The number of primary amides is 1. The van der Waals surface area contributed by atoms with E-state index in [2.05, 4.69) is 22.3 Å². The van der Waals surface area contributed by atoms with E-state index in [1.807, 2.05) is 0 Å². The van der Waals surface area contributed by atoms with Crippen molar-refractivity contribution in [3.05, 3.63) is 23.7 Å². The standard InChI is InChI=1S/C12H18N4O3/c1-3-4-9(17)11(14-2)16-12(19)7-5-8(10(13)18)15-6-7/h3-4,7-8,15,17H,2,5-6H2,1H3,(H2,13,18)(H,16,19)/b4-3-,11-9-. The van der Waals surface area contributed by atoms with Crippen LogP contribution in [0.2, 0.25) is 0 Å². The van der Waals surface area contributed by atoms with Crippen LogP contribution in [0.5, 0.6) is 0 Å². The van der Waals surface area contributed by atoms with Crippen LogP contribution < -0.4 is 16.4 Å². The number of amides is 2. The summed E-state index contributed by atoms with van der Waals surface area (Å²) < 4.78 is 0. The maximum absolute atomic E-state index is 11.9. The quantitative estimate of drug-likeness (QED) is 0.307. The molecule has 7 heteroatoms. The third-order valence-electron chi connectivity index (χ3n) is 2.81. The summed E-state index contributed by atoms with van der Waals surface area (Å²) in [6, 6.07) is -0.496. The van der Waals surface area contributed by atoms with Crippen molar-refractivity contribution in [1.82, 2.24) is 10.6 Å². The molecule has 1 heterocycles. The average molecular weight is 266 g/mol. The van der Waals surface area contributed by atoms with Gasteiger partial charge in [0.25, 0.3) is 0 Å². The smallest absolute Gasteiger partial charge is 0.234 e. The van der Waals surface area contributed by atoms with Gasteiger partial charge in [0.2, 0.25) is 11.8 Å². The van der Waals surface area contributed by atoms with E-state index in [9.17, 15) is 14.7 Å². The fourth-order valence-electron chi connectivity index (χ4n) is 1.79. The van der Waals surface area contributed by atoms with Crippen LogP contribution in [0.4, 0.5) is 0 Å². The molecule has 104 valence electrons. The number of aliphatic hydroxyl groups excluding tert-OH is 1. The number of carbonyl (C=O) groups is 2. The predicted molar refractivity (Wildman–Crippen MR) is 71.3 cm³/mol. The topological polar surface area (TPSA) is 117 Å². The fourth-order valence-corrected chi connectivity index (χ4v) is 1.79. The van der Waals surface area contributed by atoms with Gasteiger partial charge in [0.15, 0.2) is 11.6 Å². The van der Waals surface area contributed by atoms with Crippen LogP contribution in [0, 0.1) is 5.92 Å². The molecule has 0 saturated carbocycles. The minimum atomic E-state index is -0.496. The first-order valence-electron chi connectivity index (χ1n) is 5.85. The van der Waals surface area contributed by atoms with Crippen LogP contribution in [0.1, 0.15) is 13.3 Å².